The second-order valence-electron chi connectivity index (χ2n) is 4.15. The first kappa shape index (κ1) is 9.23. The zero-order valence-corrected chi connectivity index (χ0v) is 7.89. The Balaban J connectivity index is 2.78. The molecule has 0 bridgehead atoms. The van der Waals surface area contributed by atoms with E-state index in [2.05, 4.69) is 0 Å². The van der Waals surface area contributed by atoms with Crippen LogP contribution in [0, 0.1) is 0 Å². The van der Waals surface area contributed by atoms with Crippen molar-refractivity contribution in [3.63, 3.8) is 0 Å². The smallest absolute Gasteiger partial charge is 0.290 e. The van der Waals surface area contributed by atoms with E-state index in [1.807, 2.05) is 20.8 Å². The monoisotopic (exact) mass is 169 g/mol. The molecular weight excluding hydrogens is 154 g/mol. The second-order valence-corrected chi connectivity index (χ2v) is 4.15. The summed E-state index contributed by atoms with van der Waals surface area (Å²) in [5.74, 6) is -0.551. The maximum absolute atomic E-state index is 11.3. The number of likely N-dealkylation sites (tertiary alicyclic amines) is 1. The fraction of sp³-hybridized carbons (Fsp3) is 0.778. The van der Waals surface area contributed by atoms with Gasteiger partial charge in [0.2, 0.25) is 5.78 Å². The molecule has 0 saturated carbocycles. The summed E-state index contributed by atoms with van der Waals surface area (Å²) in [4.78, 5) is 24.1. The number of Topliss-reactive ketones (excluding diaryl/α,β-unsaturated/α-hetero) is 1. The van der Waals surface area contributed by atoms with Crippen LogP contribution >= 0.6 is 0 Å². The lowest BCUT2D eigenvalue weighted by molar-refractivity contribution is -0.150. The minimum atomic E-state index is -0.311. The summed E-state index contributed by atoms with van der Waals surface area (Å²) in [5.41, 5.74) is -0.215. The molecule has 0 aromatic heterocycles. The predicted octanol–water partition coefficient (Wildman–Crippen LogP) is 0.976. The third-order valence-corrected chi connectivity index (χ3v) is 2.08. The number of ketones is 1. The lowest BCUT2D eigenvalue weighted by Crippen LogP contribution is -2.51. The summed E-state index contributed by atoms with van der Waals surface area (Å²) < 4.78 is 0. The molecule has 3 nitrogen and oxygen atoms in total. The van der Waals surface area contributed by atoms with Crippen molar-refractivity contribution >= 4 is 11.7 Å². The Bertz CT molecular complexity index is 215. The van der Waals surface area contributed by atoms with Gasteiger partial charge in [-0.2, -0.15) is 0 Å². The van der Waals surface area contributed by atoms with Crippen molar-refractivity contribution in [1.29, 1.82) is 0 Å². The Morgan fingerprint density at radius 3 is 2.25 bits per heavy atom. The van der Waals surface area contributed by atoms with Crippen LogP contribution in [-0.4, -0.2) is 28.7 Å². The predicted molar refractivity (Wildman–Crippen MR) is 45.7 cm³/mol. The zero-order chi connectivity index (χ0) is 9.35. The number of amides is 1. The molecule has 1 amide bonds. The zero-order valence-electron chi connectivity index (χ0n) is 7.89. The minimum absolute atomic E-state index is 0.215. The molecule has 0 aromatic carbocycles. The van der Waals surface area contributed by atoms with Crippen molar-refractivity contribution in [3.8, 4) is 0 Å². The van der Waals surface area contributed by atoms with Gasteiger partial charge >= 0.3 is 0 Å². The first-order valence-corrected chi connectivity index (χ1v) is 4.28. The van der Waals surface area contributed by atoms with Gasteiger partial charge in [-0.1, -0.05) is 0 Å². The number of hydrogen-bond donors (Lipinski definition) is 0. The molecule has 0 spiro atoms. The Labute approximate surface area is 72.7 Å². The van der Waals surface area contributed by atoms with Gasteiger partial charge in [0.05, 0.1) is 0 Å². The molecule has 1 aliphatic heterocycles. The Morgan fingerprint density at radius 1 is 1.25 bits per heavy atom. The van der Waals surface area contributed by atoms with Crippen molar-refractivity contribution in [2.45, 2.75) is 39.2 Å². The van der Waals surface area contributed by atoms with Crippen LogP contribution in [0.25, 0.3) is 0 Å². The SMILES string of the molecule is CC(C)(C)N1CCCC(=O)C1=O. The summed E-state index contributed by atoms with van der Waals surface area (Å²) >= 11 is 0. The summed E-state index contributed by atoms with van der Waals surface area (Å²) in [5, 5.41) is 0. The maximum atomic E-state index is 11.3. The van der Waals surface area contributed by atoms with Crippen molar-refractivity contribution in [3.05, 3.63) is 0 Å². The molecule has 1 fully saturated rings. The number of rotatable bonds is 0. The highest BCUT2D eigenvalue weighted by Gasteiger charge is 2.33. The van der Waals surface area contributed by atoms with E-state index in [0.29, 0.717) is 13.0 Å². The van der Waals surface area contributed by atoms with Crippen LogP contribution in [0.4, 0.5) is 0 Å². The van der Waals surface area contributed by atoms with Crippen LogP contribution in [0.3, 0.4) is 0 Å². The lowest BCUT2D eigenvalue weighted by atomic mass is 10.00. The van der Waals surface area contributed by atoms with E-state index in [4.69, 9.17) is 0 Å². The highest BCUT2D eigenvalue weighted by atomic mass is 16.2. The van der Waals surface area contributed by atoms with Crippen LogP contribution in [0.5, 0.6) is 0 Å². The van der Waals surface area contributed by atoms with Gasteiger partial charge in [-0.05, 0) is 27.2 Å². The third kappa shape index (κ3) is 1.65. The topological polar surface area (TPSA) is 37.4 Å². The average Bonchev–Trinajstić information content (AvgIpc) is 1.92. The standard InChI is InChI=1S/C9H15NO2/c1-9(2,3)10-6-4-5-7(11)8(10)12/h4-6H2,1-3H3. The Kier molecular flexibility index (Phi) is 2.22. The molecule has 0 aromatic rings. The summed E-state index contributed by atoms with van der Waals surface area (Å²) in [7, 11) is 0. The van der Waals surface area contributed by atoms with Crippen LogP contribution in [0.2, 0.25) is 0 Å². The molecule has 1 saturated heterocycles. The number of carbonyl (C=O) groups excluding carboxylic acids is 2. The van der Waals surface area contributed by atoms with Crippen molar-refractivity contribution < 1.29 is 9.59 Å². The molecule has 12 heavy (non-hydrogen) atoms. The maximum Gasteiger partial charge on any atom is 0.290 e. The van der Waals surface area contributed by atoms with E-state index < -0.39 is 0 Å². The van der Waals surface area contributed by atoms with Crippen LogP contribution < -0.4 is 0 Å². The van der Waals surface area contributed by atoms with Gasteiger partial charge in [0.25, 0.3) is 5.91 Å². The van der Waals surface area contributed by atoms with E-state index in [1.165, 1.54) is 0 Å². The third-order valence-electron chi connectivity index (χ3n) is 2.08. The molecule has 3 heteroatoms. The number of carbonyl (C=O) groups is 2. The van der Waals surface area contributed by atoms with Crippen LogP contribution in [0.15, 0.2) is 0 Å². The molecule has 0 unspecified atom stereocenters. The van der Waals surface area contributed by atoms with Gasteiger partial charge in [-0.15, -0.1) is 0 Å². The van der Waals surface area contributed by atoms with Crippen LogP contribution in [-0.2, 0) is 9.59 Å². The van der Waals surface area contributed by atoms with Gasteiger partial charge in [0.15, 0.2) is 0 Å². The Morgan fingerprint density at radius 2 is 1.83 bits per heavy atom. The highest BCUT2D eigenvalue weighted by molar-refractivity contribution is 6.36. The van der Waals surface area contributed by atoms with Gasteiger partial charge in [0.1, 0.15) is 0 Å². The fourth-order valence-corrected chi connectivity index (χ4v) is 1.40. The summed E-state index contributed by atoms with van der Waals surface area (Å²) in [6.45, 7) is 6.56. The molecule has 1 rings (SSSR count). The normalized spacial score (nSPS) is 20.1. The van der Waals surface area contributed by atoms with E-state index in [9.17, 15) is 9.59 Å². The molecule has 1 heterocycles. The van der Waals surface area contributed by atoms with Crippen molar-refractivity contribution in [2.75, 3.05) is 6.54 Å². The fourth-order valence-electron chi connectivity index (χ4n) is 1.40. The Hall–Kier alpha value is -0.860. The van der Waals surface area contributed by atoms with Crippen LogP contribution in [0.1, 0.15) is 33.6 Å². The summed E-state index contributed by atoms with van der Waals surface area (Å²) in [6, 6.07) is 0. The second kappa shape index (κ2) is 2.88. The van der Waals surface area contributed by atoms with Gasteiger partial charge in [-0.3, -0.25) is 9.59 Å². The minimum Gasteiger partial charge on any atom is -0.331 e. The van der Waals surface area contributed by atoms with E-state index in [1.54, 1.807) is 4.90 Å². The molecule has 0 radical (unpaired) electrons. The largest absolute Gasteiger partial charge is 0.331 e. The molecule has 1 aliphatic rings. The number of hydrogen-bond acceptors (Lipinski definition) is 2. The molecule has 0 atom stereocenters. The molecule has 0 N–H and O–H groups in total. The van der Waals surface area contributed by atoms with Crippen molar-refractivity contribution in [1.82, 2.24) is 4.90 Å². The van der Waals surface area contributed by atoms with Gasteiger partial charge in [0, 0.05) is 18.5 Å². The number of nitrogens with zero attached hydrogens (tertiary/aromatic N) is 1. The van der Waals surface area contributed by atoms with Gasteiger partial charge in [-0.25, -0.2) is 0 Å². The van der Waals surface area contributed by atoms with Crippen molar-refractivity contribution in [2.24, 2.45) is 0 Å². The first-order valence-electron chi connectivity index (χ1n) is 4.28. The molecule has 0 aliphatic carbocycles. The first-order chi connectivity index (χ1) is 5.43. The quantitative estimate of drug-likeness (QED) is 0.507. The highest BCUT2D eigenvalue weighted by Crippen LogP contribution is 2.18. The molecular formula is C9H15NO2. The summed E-state index contributed by atoms with van der Waals surface area (Å²) in [6.07, 6.45) is 1.23. The lowest BCUT2D eigenvalue weighted by Gasteiger charge is -2.37. The molecule has 68 valence electrons. The number of piperidine rings is 1. The van der Waals surface area contributed by atoms with E-state index >= 15 is 0 Å². The van der Waals surface area contributed by atoms with E-state index in [-0.39, 0.29) is 17.2 Å². The van der Waals surface area contributed by atoms with Gasteiger partial charge < -0.3 is 4.90 Å². The van der Waals surface area contributed by atoms with E-state index in [0.717, 1.165) is 6.42 Å². The average molecular weight is 169 g/mol.